The molecule has 0 unspecified atom stereocenters. The summed E-state index contributed by atoms with van der Waals surface area (Å²) in [4.78, 5) is 18.5. The number of aromatic nitrogens is 1. The molecule has 0 atom stereocenters. The molecule has 0 radical (unpaired) electrons. The zero-order valence-corrected chi connectivity index (χ0v) is 17.5. The summed E-state index contributed by atoms with van der Waals surface area (Å²) in [6, 6.07) is 7.72. The average molecular weight is 433 g/mol. The molecule has 1 aromatic rings. The van der Waals surface area contributed by atoms with Crippen LogP contribution in [0.4, 0.5) is 0 Å². The average Bonchev–Trinajstić information content (AvgIpc) is 2.77. The number of benzene rings is 2. The lowest BCUT2D eigenvalue weighted by Crippen LogP contribution is -2.19. The summed E-state index contributed by atoms with van der Waals surface area (Å²) in [5.41, 5.74) is 0.953. The summed E-state index contributed by atoms with van der Waals surface area (Å²) in [5.74, 6) is 0.565. The van der Waals surface area contributed by atoms with E-state index < -0.39 is 0 Å². The Balaban J connectivity index is 1.80. The van der Waals surface area contributed by atoms with Crippen molar-refractivity contribution in [1.29, 1.82) is 0 Å². The first-order valence-electron chi connectivity index (χ1n) is 9.72. The third kappa shape index (κ3) is 4.49. The molecule has 0 saturated heterocycles. The summed E-state index contributed by atoms with van der Waals surface area (Å²) < 4.78 is 34.6. The van der Waals surface area contributed by atoms with Crippen molar-refractivity contribution in [2.45, 2.75) is 0 Å². The molecule has 1 aromatic carbocycles. The van der Waals surface area contributed by atoms with E-state index in [0.29, 0.717) is 56.0 Å². The van der Waals surface area contributed by atoms with E-state index in [4.69, 9.17) is 33.4 Å². The number of nitrogens with zero attached hydrogens (tertiary/aromatic N) is 1. The van der Waals surface area contributed by atoms with Crippen LogP contribution in [0.15, 0.2) is 29.1 Å². The molecule has 2 heterocycles. The van der Waals surface area contributed by atoms with Crippen LogP contribution in [-0.2, 0) is 14.2 Å². The second-order valence-corrected chi connectivity index (χ2v) is 7.47. The van der Waals surface area contributed by atoms with Crippen LogP contribution in [0, 0.1) is 0 Å². The van der Waals surface area contributed by atoms with E-state index in [0.717, 1.165) is 10.2 Å². The first-order valence-corrected chi connectivity index (χ1v) is 10.5. The maximum Gasteiger partial charge on any atom is 0.267 e. The minimum atomic E-state index is -0.373. The van der Waals surface area contributed by atoms with Gasteiger partial charge in [-0.1, -0.05) is 12.1 Å². The predicted molar refractivity (Wildman–Crippen MR) is 113 cm³/mol. The smallest absolute Gasteiger partial charge is 0.267 e. The lowest BCUT2D eigenvalue weighted by Gasteiger charge is -2.19. The zero-order valence-electron chi connectivity index (χ0n) is 16.7. The Labute approximate surface area is 177 Å². The standard InChI is InChI=1S/C21H23NO7S/c1-24-20-17(23)19-18(16-21(20)30-15-5-3-2-4-14(15)22-16)28-12-10-26-8-6-25-7-9-27-11-13-29-19/h2-5H,6-13H2,1H3. The van der Waals surface area contributed by atoms with Crippen molar-refractivity contribution in [3.05, 3.63) is 34.5 Å². The van der Waals surface area contributed by atoms with E-state index in [1.54, 1.807) is 0 Å². The van der Waals surface area contributed by atoms with Crippen LogP contribution in [0.5, 0.6) is 17.2 Å². The van der Waals surface area contributed by atoms with Crippen LogP contribution >= 0.6 is 11.3 Å². The Hall–Kier alpha value is -2.46. The highest BCUT2D eigenvalue weighted by molar-refractivity contribution is 7.21. The molecule has 8 nitrogen and oxygen atoms in total. The van der Waals surface area contributed by atoms with Crippen LogP contribution in [0.25, 0.3) is 20.8 Å². The topological polar surface area (TPSA) is 85.3 Å². The van der Waals surface area contributed by atoms with Gasteiger partial charge in [0.15, 0.2) is 11.5 Å². The Morgan fingerprint density at radius 3 is 2.13 bits per heavy atom. The number of rotatable bonds is 1. The quantitative estimate of drug-likeness (QED) is 0.542. The van der Waals surface area contributed by atoms with Gasteiger partial charge >= 0.3 is 0 Å². The number of para-hydroxylation sites is 1. The highest BCUT2D eigenvalue weighted by Crippen LogP contribution is 2.45. The molecule has 1 aliphatic carbocycles. The van der Waals surface area contributed by atoms with E-state index in [-0.39, 0.29) is 30.1 Å². The van der Waals surface area contributed by atoms with Crippen molar-refractivity contribution >= 4 is 21.6 Å². The van der Waals surface area contributed by atoms with Crippen LogP contribution in [-0.4, -0.2) is 64.9 Å². The largest absolute Gasteiger partial charge is 0.491 e. The molecule has 3 aliphatic rings. The van der Waals surface area contributed by atoms with Gasteiger partial charge in [-0.15, -0.1) is 11.3 Å². The van der Waals surface area contributed by atoms with Crippen molar-refractivity contribution < 1.29 is 28.4 Å². The zero-order chi connectivity index (χ0) is 20.8. The van der Waals surface area contributed by atoms with Gasteiger partial charge in [-0.05, 0) is 12.1 Å². The van der Waals surface area contributed by atoms with Gasteiger partial charge in [0.25, 0.3) is 5.43 Å². The highest BCUT2D eigenvalue weighted by Gasteiger charge is 2.28. The number of hydrogen-bond acceptors (Lipinski definition) is 9. The lowest BCUT2D eigenvalue weighted by molar-refractivity contribution is 0.00706. The van der Waals surface area contributed by atoms with E-state index >= 15 is 0 Å². The van der Waals surface area contributed by atoms with Gasteiger partial charge in [-0.3, -0.25) is 4.79 Å². The SMILES string of the molecule is COc1c2sc3ccccc3nc-2c2c(c1=O)OCCOCCOCCOCCO2. The molecule has 9 heteroatoms. The Kier molecular flexibility index (Phi) is 6.96. The van der Waals surface area contributed by atoms with Crippen molar-refractivity contribution in [3.8, 4) is 27.8 Å². The van der Waals surface area contributed by atoms with Crippen LogP contribution in [0.3, 0.4) is 0 Å². The third-order valence-electron chi connectivity index (χ3n) is 4.46. The van der Waals surface area contributed by atoms with E-state index in [9.17, 15) is 4.79 Å². The minimum Gasteiger partial charge on any atom is -0.491 e. The molecular formula is C21H23NO7S. The van der Waals surface area contributed by atoms with Gasteiger partial charge in [-0.25, -0.2) is 4.98 Å². The van der Waals surface area contributed by atoms with Crippen molar-refractivity contribution in [2.24, 2.45) is 0 Å². The fraction of sp³-hybridized carbons (Fsp3) is 0.429. The maximum atomic E-state index is 13.1. The minimum absolute atomic E-state index is 0.0732. The molecule has 160 valence electrons. The first kappa shape index (κ1) is 20.8. The Morgan fingerprint density at radius 1 is 0.867 bits per heavy atom. The lowest BCUT2D eigenvalue weighted by atomic mass is 10.2. The van der Waals surface area contributed by atoms with Crippen molar-refractivity contribution in [1.82, 2.24) is 4.98 Å². The molecule has 0 fully saturated rings. The molecule has 0 spiro atoms. The fourth-order valence-corrected chi connectivity index (χ4v) is 4.18. The third-order valence-corrected chi connectivity index (χ3v) is 5.61. The second kappa shape index (κ2) is 10.0. The van der Waals surface area contributed by atoms with Crippen molar-refractivity contribution in [2.75, 3.05) is 60.0 Å². The number of fused-ring (bicyclic) bond motifs is 4. The Bertz CT molecular complexity index is 1020. The monoisotopic (exact) mass is 433 g/mol. The maximum absolute atomic E-state index is 13.1. The summed E-state index contributed by atoms with van der Waals surface area (Å²) in [7, 11) is 1.47. The molecule has 30 heavy (non-hydrogen) atoms. The predicted octanol–water partition coefficient (Wildman–Crippen LogP) is 2.59. The normalized spacial score (nSPS) is 16.7. The molecule has 0 aromatic heterocycles. The van der Waals surface area contributed by atoms with Gasteiger partial charge < -0.3 is 28.4 Å². The first-order chi connectivity index (χ1) is 14.8. The molecule has 0 bridgehead atoms. The van der Waals surface area contributed by atoms with Crippen LogP contribution in [0.2, 0.25) is 0 Å². The summed E-state index contributed by atoms with van der Waals surface area (Å²) in [6.45, 7) is 2.93. The molecule has 4 rings (SSSR count). The molecule has 0 amide bonds. The van der Waals surface area contributed by atoms with Gasteiger partial charge in [0.05, 0.1) is 57.0 Å². The second-order valence-electron chi connectivity index (χ2n) is 6.41. The summed E-state index contributed by atoms with van der Waals surface area (Å²) in [5, 5.41) is 0. The van der Waals surface area contributed by atoms with Crippen LogP contribution in [0.1, 0.15) is 0 Å². The van der Waals surface area contributed by atoms with E-state index in [2.05, 4.69) is 0 Å². The molecule has 0 N–H and O–H groups in total. The molecule has 2 aliphatic heterocycles. The van der Waals surface area contributed by atoms with Gasteiger partial charge in [0.2, 0.25) is 5.75 Å². The number of ether oxygens (including phenoxy) is 6. The van der Waals surface area contributed by atoms with Gasteiger partial charge in [0, 0.05) is 0 Å². The van der Waals surface area contributed by atoms with Crippen LogP contribution < -0.4 is 19.6 Å². The number of methoxy groups -OCH3 is 1. The van der Waals surface area contributed by atoms with Crippen molar-refractivity contribution in [3.63, 3.8) is 0 Å². The Morgan fingerprint density at radius 2 is 1.47 bits per heavy atom. The summed E-state index contributed by atoms with van der Waals surface area (Å²) in [6.07, 6.45) is 0. The number of hydrogen-bond donors (Lipinski definition) is 0. The van der Waals surface area contributed by atoms with E-state index in [1.165, 1.54) is 18.4 Å². The highest BCUT2D eigenvalue weighted by atomic mass is 32.1. The van der Waals surface area contributed by atoms with E-state index in [1.807, 2.05) is 24.3 Å². The summed E-state index contributed by atoms with van der Waals surface area (Å²) >= 11 is 1.43. The fourth-order valence-electron chi connectivity index (χ4n) is 3.09. The molecular weight excluding hydrogens is 410 g/mol. The van der Waals surface area contributed by atoms with Gasteiger partial charge in [-0.2, -0.15) is 0 Å². The van der Waals surface area contributed by atoms with Gasteiger partial charge in [0.1, 0.15) is 23.8 Å². The molecule has 0 saturated carbocycles.